The number of hydrogen-bond donors (Lipinski definition) is 4. The van der Waals surface area contributed by atoms with E-state index in [0.717, 1.165) is 24.7 Å². The Hall–Kier alpha value is -4.03. The Balaban J connectivity index is 1.35. The molecule has 13 heteroatoms. The smallest absolute Gasteiger partial charge is 0.366 e. The normalized spacial score (nSPS) is 21.9. The van der Waals surface area contributed by atoms with Crippen LogP contribution in [0.1, 0.15) is 13.3 Å². The van der Waals surface area contributed by atoms with E-state index in [1.807, 2.05) is 5.32 Å². The molecule has 0 spiro atoms. The summed E-state index contributed by atoms with van der Waals surface area (Å²) in [6, 6.07) is 1.59. The number of hydrogen-bond acceptors (Lipinski definition) is 6. The van der Waals surface area contributed by atoms with Gasteiger partial charge in [0.2, 0.25) is 5.91 Å². The minimum absolute atomic E-state index is 0.165. The zero-order chi connectivity index (χ0) is 24.7. The van der Waals surface area contributed by atoms with Gasteiger partial charge in [-0.3, -0.25) is 20.1 Å². The van der Waals surface area contributed by atoms with Crippen molar-refractivity contribution >= 4 is 17.8 Å². The van der Waals surface area contributed by atoms with E-state index in [2.05, 4.69) is 30.7 Å². The van der Waals surface area contributed by atoms with Gasteiger partial charge in [-0.25, -0.2) is 9.78 Å². The highest BCUT2D eigenvalue weighted by atomic mass is 19.4. The Morgan fingerprint density at radius 1 is 1.26 bits per heavy atom. The fourth-order valence-corrected chi connectivity index (χ4v) is 4.40. The van der Waals surface area contributed by atoms with Crippen LogP contribution in [0.4, 0.5) is 23.8 Å². The zero-order valence-electron chi connectivity index (χ0n) is 18.6. The van der Waals surface area contributed by atoms with E-state index < -0.39 is 30.2 Å². The number of urea groups is 1. The molecule has 1 unspecified atom stereocenters. The molecule has 2 aromatic rings. The first-order chi connectivity index (χ1) is 16.7. The van der Waals surface area contributed by atoms with E-state index >= 15 is 0 Å². The number of rotatable bonds is 4. The third kappa shape index (κ3) is 4.40. The first-order valence-corrected chi connectivity index (χ1v) is 11.1. The number of aromatic nitrogens is 3. The molecule has 5 rings (SSSR count). The van der Waals surface area contributed by atoms with Crippen LogP contribution in [0.15, 0.2) is 54.3 Å². The van der Waals surface area contributed by atoms with E-state index in [1.165, 1.54) is 11.0 Å². The van der Waals surface area contributed by atoms with Gasteiger partial charge in [0.15, 0.2) is 0 Å². The molecule has 0 aliphatic carbocycles. The molecule has 1 saturated heterocycles. The number of fused-ring (bicyclic) bond motifs is 3. The number of H-pyrrole nitrogens is 1. The Kier molecular flexibility index (Phi) is 5.61. The number of nitrogens with zero attached hydrogens (tertiary/aromatic N) is 4. The molecule has 0 radical (unpaired) electrons. The minimum atomic E-state index is -4.56. The average molecular weight is 488 g/mol. The van der Waals surface area contributed by atoms with Crippen molar-refractivity contribution in [2.45, 2.75) is 37.6 Å². The van der Waals surface area contributed by atoms with Crippen LogP contribution in [0.5, 0.6) is 0 Å². The zero-order valence-corrected chi connectivity index (χ0v) is 18.6. The third-order valence-corrected chi connectivity index (χ3v) is 6.25. The van der Waals surface area contributed by atoms with Crippen molar-refractivity contribution in [1.82, 2.24) is 35.6 Å². The lowest BCUT2D eigenvalue weighted by molar-refractivity contribution is -0.158. The molecule has 5 heterocycles. The molecule has 35 heavy (non-hydrogen) atoms. The number of halogens is 3. The highest BCUT2D eigenvalue weighted by molar-refractivity contribution is 5.91. The summed E-state index contributed by atoms with van der Waals surface area (Å²) in [5, 5.41) is 14.5. The number of amides is 3. The summed E-state index contributed by atoms with van der Waals surface area (Å²) in [5.41, 5.74) is 2.26. The molecule has 0 aromatic carbocycles. The molecule has 184 valence electrons. The minimum Gasteiger partial charge on any atom is -0.366 e. The predicted octanol–water partition coefficient (Wildman–Crippen LogP) is 2.16. The molecular weight excluding hydrogens is 465 g/mol. The lowest BCUT2D eigenvalue weighted by Crippen LogP contribution is -2.57. The monoisotopic (exact) mass is 488 g/mol. The first-order valence-electron chi connectivity index (χ1n) is 11.1. The van der Waals surface area contributed by atoms with Gasteiger partial charge >= 0.3 is 12.2 Å². The number of alkyl halides is 3. The van der Waals surface area contributed by atoms with Crippen LogP contribution in [0.25, 0.3) is 11.3 Å². The molecule has 3 aliphatic heterocycles. The van der Waals surface area contributed by atoms with Crippen molar-refractivity contribution in [2.75, 3.05) is 18.4 Å². The quantitative estimate of drug-likeness (QED) is 0.524. The van der Waals surface area contributed by atoms with Crippen molar-refractivity contribution in [2.24, 2.45) is 0 Å². The van der Waals surface area contributed by atoms with E-state index in [0.29, 0.717) is 30.3 Å². The predicted molar refractivity (Wildman–Crippen MR) is 119 cm³/mol. The average Bonchev–Trinajstić information content (AvgIpc) is 3.50. The second-order valence-electron chi connectivity index (χ2n) is 8.58. The van der Waals surface area contributed by atoms with Gasteiger partial charge in [-0.2, -0.15) is 18.3 Å². The van der Waals surface area contributed by atoms with Crippen molar-refractivity contribution in [3.63, 3.8) is 0 Å². The molecule has 10 nitrogen and oxygen atoms in total. The van der Waals surface area contributed by atoms with Gasteiger partial charge in [0, 0.05) is 31.0 Å². The summed E-state index contributed by atoms with van der Waals surface area (Å²) in [6.45, 7) is 2.21. The summed E-state index contributed by atoms with van der Waals surface area (Å²) in [4.78, 5) is 33.7. The van der Waals surface area contributed by atoms with Crippen molar-refractivity contribution < 1.29 is 22.8 Å². The van der Waals surface area contributed by atoms with Gasteiger partial charge in [-0.15, -0.1) is 0 Å². The molecule has 4 N–H and O–H groups in total. The molecule has 3 aliphatic rings. The fourth-order valence-electron chi connectivity index (χ4n) is 4.40. The van der Waals surface area contributed by atoms with Gasteiger partial charge in [0.05, 0.1) is 17.4 Å². The highest BCUT2D eigenvalue weighted by Crippen LogP contribution is 2.34. The number of carbonyl (C=O) groups is 2. The standard InChI is InChI=1S/C22H23F3N8O2/c1-12(22(23,24)25)28-20(34)16-2-3-17-19(29-16)33(14-6-9-32(17)11-14)21(35)30-18-10-13(4-7-26-18)15-5-8-27-31-15/h2-5,7-8,10,12,14,16,29H,6,9,11H2,1H3,(H,27,31)(H,28,34)(H,26,30,35)/t12-,14+,16?/m1/s1. The van der Waals surface area contributed by atoms with Gasteiger partial charge in [0.25, 0.3) is 0 Å². The lowest BCUT2D eigenvalue weighted by atomic mass is 10.1. The number of allylic oxidation sites excluding steroid dienone is 1. The van der Waals surface area contributed by atoms with Crippen LogP contribution in [-0.2, 0) is 4.79 Å². The lowest BCUT2D eigenvalue weighted by Gasteiger charge is -2.41. The molecular formula is C22H23F3N8O2. The Morgan fingerprint density at radius 3 is 2.83 bits per heavy atom. The number of nitrogens with one attached hydrogen (secondary N) is 4. The summed E-state index contributed by atoms with van der Waals surface area (Å²) >= 11 is 0. The molecule has 0 saturated carbocycles. The molecule has 3 amide bonds. The summed E-state index contributed by atoms with van der Waals surface area (Å²) in [6.07, 6.45) is 2.51. The molecule has 1 fully saturated rings. The second-order valence-corrected chi connectivity index (χ2v) is 8.58. The second kappa shape index (κ2) is 8.64. The van der Waals surface area contributed by atoms with Gasteiger partial charge < -0.3 is 15.5 Å². The molecule has 3 atom stereocenters. The van der Waals surface area contributed by atoms with Crippen LogP contribution in [0, 0.1) is 0 Å². The van der Waals surface area contributed by atoms with Crippen molar-refractivity contribution in [1.29, 1.82) is 0 Å². The van der Waals surface area contributed by atoms with E-state index in [1.54, 1.807) is 36.7 Å². The SMILES string of the molecule is C[C@@H](NC(=O)C1C=CC2=C(N1)N(C(=O)Nc1cc(-c3ccn[nH]3)ccn1)[C@H]1CCN2C1)C(F)(F)F. The van der Waals surface area contributed by atoms with Crippen LogP contribution in [0.2, 0.25) is 0 Å². The van der Waals surface area contributed by atoms with E-state index in [-0.39, 0.29) is 6.04 Å². The summed E-state index contributed by atoms with van der Waals surface area (Å²) < 4.78 is 38.7. The van der Waals surface area contributed by atoms with Crippen LogP contribution in [-0.4, -0.2) is 74.3 Å². The molecule has 2 bridgehead atoms. The van der Waals surface area contributed by atoms with Gasteiger partial charge in [0.1, 0.15) is 23.7 Å². The van der Waals surface area contributed by atoms with E-state index in [9.17, 15) is 22.8 Å². The van der Waals surface area contributed by atoms with E-state index in [4.69, 9.17) is 0 Å². The number of anilines is 1. The Bertz CT molecular complexity index is 1190. The van der Waals surface area contributed by atoms with Gasteiger partial charge in [-0.05, 0) is 37.6 Å². The summed E-state index contributed by atoms with van der Waals surface area (Å²) in [7, 11) is 0. The Morgan fingerprint density at radius 2 is 2.09 bits per heavy atom. The van der Waals surface area contributed by atoms with Crippen LogP contribution < -0.4 is 16.0 Å². The van der Waals surface area contributed by atoms with Gasteiger partial charge in [-0.1, -0.05) is 6.08 Å². The van der Waals surface area contributed by atoms with Crippen molar-refractivity contribution in [3.05, 3.63) is 54.3 Å². The first kappa shape index (κ1) is 22.7. The maximum atomic E-state index is 13.4. The Labute approximate surface area is 198 Å². The highest BCUT2D eigenvalue weighted by Gasteiger charge is 2.43. The maximum Gasteiger partial charge on any atom is 0.408 e. The number of dihydropyridines is 1. The largest absolute Gasteiger partial charge is 0.408 e. The number of carbonyl (C=O) groups excluding carboxylic acids is 2. The summed E-state index contributed by atoms with van der Waals surface area (Å²) in [5.74, 6) is -0.132. The van der Waals surface area contributed by atoms with Crippen LogP contribution >= 0.6 is 0 Å². The number of aromatic amines is 1. The maximum absolute atomic E-state index is 13.4. The molecule has 2 aromatic heterocycles. The topological polar surface area (TPSA) is 118 Å². The van der Waals surface area contributed by atoms with Crippen molar-refractivity contribution in [3.8, 4) is 11.3 Å². The van der Waals surface area contributed by atoms with Crippen LogP contribution in [0.3, 0.4) is 0 Å². The number of pyridine rings is 1. The third-order valence-electron chi connectivity index (χ3n) is 6.25. The fraction of sp³-hybridized carbons (Fsp3) is 0.364.